The highest BCUT2D eigenvalue weighted by Gasteiger charge is 2.26. The predicted molar refractivity (Wildman–Crippen MR) is 67.8 cm³/mol. The summed E-state index contributed by atoms with van der Waals surface area (Å²) in [7, 11) is 1.84. The molecule has 0 unspecified atom stereocenters. The lowest BCUT2D eigenvalue weighted by Gasteiger charge is -2.23. The first-order valence-electron chi connectivity index (χ1n) is 6.01. The third-order valence-corrected chi connectivity index (χ3v) is 2.32. The fourth-order valence-corrected chi connectivity index (χ4v) is 1.42. The molecule has 0 spiro atoms. The first-order chi connectivity index (χ1) is 7.98. The molecule has 1 fully saturated rings. The summed E-state index contributed by atoms with van der Waals surface area (Å²) < 4.78 is 11.7. The maximum absolute atomic E-state index is 5.90. The second kappa shape index (κ2) is 4.43. The Balaban J connectivity index is 2.22. The van der Waals surface area contributed by atoms with Crippen LogP contribution in [0.2, 0.25) is 0 Å². The van der Waals surface area contributed by atoms with Crippen molar-refractivity contribution in [2.45, 2.75) is 45.3 Å². The Labute approximate surface area is 102 Å². The predicted octanol–water partition coefficient (Wildman–Crippen LogP) is 2.84. The van der Waals surface area contributed by atoms with Crippen molar-refractivity contribution >= 4 is 5.82 Å². The summed E-state index contributed by atoms with van der Waals surface area (Å²) in [6, 6.07) is 1.88. The van der Waals surface area contributed by atoms with Crippen molar-refractivity contribution < 1.29 is 9.47 Å². The van der Waals surface area contributed by atoms with E-state index in [9.17, 15) is 0 Å². The Hall–Kier alpha value is -1.45. The van der Waals surface area contributed by atoms with E-state index in [0.29, 0.717) is 6.10 Å². The van der Waals surface area contributed by atoms with Crippen LogP contribution in [-0.4, -0.2) is 23.7 Å². The molecule has 1 heterocycles. The Morgan fingerprint density at radius 2 is 2.00 bits per heavy atom. The molecule has 17 heavy (non-hydrogen) atoms. The molecule has 1 aromatic rings. The van der Waals surface area contributed by atoms with E-state index >= 15 is 0 Å². The van der Waals surface area contributed by atoms with Gasteiger partial charge in [-0.1, -0.05) is 0 Å². The summed E-state index contributed by atoms with van der Waals surface area (Å²) in [5.41, 5.74) is -0.242. The molecule has 0 aliphatic heterocycles. The first-order valence-corrected chi connectivity index (χ1v) is 6.01. The van der Waals surface area contributed by atoms with Crippen LogP contribution in [0.5, 0.6) is 11.5 Å². The summed E-state index contributed by atoms with van der Waals surface area (Å²) in [6.45, 7) is 6.06. The normalized spacial score (nSPS) is 15.5. The number of hydrogen-bond donors (Lipinski definition) is 1. The number of hydrogen-bond acceptors (Lipinski definition) is 4. The zero-order valence-electron chi connectivity index (χ0n) is 10.9. The van der Waals surface area contributed by atoms with E-state index in [1.54, 1.807) is 6.20 Å². The number of pyridine rings is 1. The van der Waals surface area contributed by atoms with Gasteiger partial charge in [0.05, 0.1) is 12.3 Å². The smallest absolute Gasteiger partial charge is 0.180 e. The van der Waals surface area contributed by atoms with Gasteiger partial charge in [0.25, 0.3) is 0 Å². The third kappa shape index (κ3) is 3.51. The van der Waals surface area contributed by atoms with Gasteiger partial charge in [-0.05, 0) is 33.6 Å². The lowest BCUT2D eigenvalue weighted by Crippen LogP contribution is -2.23. The van der Waals surface area contributed by atoms with Crippen LogP contribution in [0.25, 0.3) is 0 Å². The zero-order chi connectivity index (χ0) is 12.5. The fraction of sp³-hybridized carbons (Fsp3) is 0.615. The van der Waals surface area contributed by atoms with Gasteiger partial charge in [0.2, 0.25) is 0 Å². The van der Waals surface area contributed by atoms with Crippen LogP contribution < -0.4 is 14.8 Å². The molecule has 1 aromatic heterocycles. The fourth-order valence-electron chi connectivity index (χ4n) is 1.42. The molecule has 0 saturated heterocycles. The number of ether oxygens (including phenoxy) is 2. The standard InChI is InChI=1S/C13H20N2O2/c1-13(2,3)17-10-7-12(14-4)15-8-11(10)16-9-5-6-9/h7-9H,5-6H2,1-4H3,(H,14,15). The van der Waals surface area contributed by atoms with Crippen LogP contribution in [0.4, 0.5) is 5.82 Å². The zero-order valence-corrected chi connectivity index (χ0v) is 10.9. The number of nitrogens with zero attached hydrogens (tertiary/aromatic N) is 1. The highest BCUT2D eigenvalue weighted by Crippen LogP contribution is 2.35. The van der Waals surface area contributed by atoms with E-state index in [1.807, 2.05) is 33.9 Å². The van der Waals surface area contributed by atoms with E-state index in [1.165, 1.54) is 0 Å². The molecule has 4 heteroatoms. The molecular formula is C13H20N2O2. The van der Waals surface area contributed by atoms with Crippen molar-refractivity contribution in [1.82, 2.24) is 4.98 Å². The molecule has 1 saturated carbocycles. The van der Waals surface area contributed by atoms with E-state index in [2.05, 4.69) is 10.3 Å². The van der Waals surface area contributed by atoms with Crippen LogP contribution in [0.1, 0.15) is 33.6 Å². The SMILES string of the molecule is CNc1cc(OC(C)(C)C)c(OC2CC2)cn1. The topological polar surface area (TPSA) is 43.4 Å². The van der Waals surface area contributed by atoms with Gasteiger partial charge in [0, 0.05) is 13.1 Å². The molecule has 0 bridgehead atoms. The molecule has 1 N–H and O–H groups in total. The quantitative estimate of drug-likeness (QED) is 0.873. The second-order valence-corrected chi connectivity index (χ2v) is 5.30. The van der Waals surface area contributed by atoms with Crippen LogP contribution in [-0.2, 0) is 0 Å². The minimum atomic E-state index is -0.242. The van der Waals surface area contributed by atoms with Gasteiger partial charge in [-0.3, -0.25) is 0 Å². The minimum Gasteiger partial charge on any atom is -0.485 e. The second-order valence-electron chi connectivity index (χ2n) is 5.30. The highest BCUT2D eigenvalue weighted by atomic mass is 16.5. The van der Waals surface area contributed by atoms with Crippen LogP contribution in [0.15, 0.2) is 12.3 Å². The van der Waals surface area contributed by atoms with E-state index in [0.717, 1.165) is 30.2 Å². The van der Waals surface area contributed by atoms with E-state index in [4.69, 9.17) is 9.47 Å². The molecule has 94 valence electrons. The van der Waals surface area contributed by atoms with E-state index in [-0.39, 0.29) is 5.60 Å². The molecular weight excluding hydrogens is 216 g/mol. The number of aromatic nitrogens is 1. The number of nitrogens with one attached hydrogen (secondary N) is 1. The largest absolute Gasteiger partial charge is 0.485 e. The van der Waals surface area contributed by atoms with Gasteiger partial charge in [-0.15, -0.1) is 0 Å². The maximum Gasteiger partial charge on any atom is 0.180 e. The van der Waals surface area contributed by atoms with Crippen molar-refractivity contribution in [3.8, 4) is 11.5 Å². The lowest BCUT2D eigenvalue weighted by molar-refractivity contribution is 0.122. The van der Waals surface area contributed by atoms with Crippen LogP contribution in [0.3, 0.4) is 0 Å². The monoisotopic (exact) mass is 236 g/mol. The van der Waals surface area contributed by atoms with Crippen molar-refractivity contribution in [2.75, 3.05) is 12.4 Å². The van der Waals surface area contributed by atoms with Crippen molar-refractivity contribution in [2.24, 2.45) is 0 Å². The Morgan fingerprint density at radius 3 is 2.53 bits per heavy atom. The van der Waals surface area contributed by atoms with Crippen molar-refractivity contribution in [1.29, 1.82) is 0 Å². The van der Waals surface area contributed by atoms with Gasteiger partial charge in [-0.25, -0.2) is 4.98 Å². The minimum absolute atomic E-state index is 0.242. The van der Waals surface area contributed by atoms with Crippen LogP contribution in [0, 0.1) is 0 Å². The summed E-state index contributed by atoms with van der Waals surface area (Å²) in [4.78, 5) is 4.25. The lowest BCUT2D eigenvalue weighted by atomic mass is 10.2. The van der Waals surface area contributed by atoms with Crippen molar-refractivity contribution in [3.63, 3.8) is 0 Å². The highest BCUT2D eigenvalue weighted by molar-refractivity contribution is 5.48. The summed E-state index contributed by atoms with van der Waals surface area (Å²) in [5, 5.41) is 3.00. The number of anilines is 1. The molecule has 0 atom stereocenters. The molecule has 0 amide bonds. The van der Waals surface area contributed by atoms with Crippen LogP contribution >= 0.6 is 0 Å². The average molecular weight is 236 g/mol. The Morgan fingerprint density at radius 1 is 1.29 bits per heavy atom. The molecule has 4 nitrogen and oxygen atoms in total. The molecule has 2 rings (SSSR count). The maximum atomic E-state index is 5.90. The average Bonchev–Trinajstić information content (AvgIpc) is 3.02. The van der Waals surface area contributed by atoms with E-state index < -0.39 is 0 Å². The summed E-state index contributed by atoms with van der Waals surface area (Å²) >= 11 is 0. The van der Waals surface area contributed by atoms with Gasteiger partial charge in [0.1, 0.15) is 11.4 Å². The van der Waals surface area contributed by atoms with Gasteiger partial charge in [0.15, 0.2) is 11.5 Å². The third-order valence-electron chi connectivity index (χ3n) is 2.32. The molecule has 1 aliphatic rings. The first kappa shape index (κ1) is 12.0. The molecule has 0 radical (unpaired) electrons. The van der Waals surface area contributed by atoms with Crippen molar-refractivity contribution in [3.05, 3.63) is 12.3 Å². The molecule has 0 aromatic carbocycles. The summed E-state index contributed by atoms with van der Waals surface area (Å²) in [5.74, 6) is 2.28. The number of rotatable bonds is 4. The van der Waals surface area contributed by atoms with Gasteiger partial charge in [-0.2, -0.15) is 0 Å². The summed E-state index contributed by atoms with van der Waals surface area (Å²) in [6.07, 6.45) is 4.33. The Bertz CT molecular complexity index is 395. The van der Waals surface area contributed by atoms with Gasteiger partial charge < -0.3 is 14.8 Å². The molecule has 1 aliphatic carbocycles. The van der Waals surface area contributed by atoms with Gasteiger partial charge >= 0.3 is 0 Å². The Kier molecular flexibility index (Phi) is 3.13.